The number of hydrogen-bond donors (Lipinski definition) is 0. The van der Waals surface area contributed by atoms with E-state index < -0.39 is 0 Å². The van der Waals surface area contributed by atoms with E-state index in [0.29, 0.717) is 15.6 Å². The molecule has 0 saturated heterocycles. The molecule has 0 aliphatic rings. The van der Waals surface area contributed by atoms with Gasteiger partial charge < -0.3 is 0 Å². The Morgan fingerprint density at radius 3 is 2.44 bits per heavy atom. The first-order valence-electron chi connectivity index (χ1n) is 4.92. The van der Waals surface area contributed by atoms with Gasteiger partial charge in [0.25, 0.3) is 0 Å². The largest absolute Gasteiger partial charge is 0.299 e. The average molecular weight is 259 g/mol. The molecule has 4 heteroatoms. The van der Waals surface area contributed by atoms with E-state index in [1.54, 1.807) is 26.0 Å². The zero-order chi connectivity index (χ0) is 12.3. The quantitative estimate of drug-likeness (QED) is 0.609. The second-order valence-electron chi connectivity index (χ2n) is 3.85. The minimum Gasteiger partial charge on any atom is -0.299 e. The van der Waals surface area contributed by atoms with Crippen molar-refractivity contribution in [3.8, 4) is 0 Å². The minimum atomic E-state index is -0.286. The van der Waals surface area contributed by atoms with Crippen molar-refractivity contribution in [1.82, 2.24) is 0 Å². The maximum absolute atomic E-state index is 11.8. The molecule has 0 aliphatic heterocycles. The lowest BCUT2D eigenvalue weighted by Crippen LogP contribution is -2.13. The van der Waals surface area contributed by atoms with Crippen LogP contribution in [0, 0.1) is 5.92 Å². The number of carbonyl (C=O) groups is 2. The fraction of sp³-hybridized carbons (Fsp3) is 0.333. The standard InChI is InChI=1S/C12H12Cl2O2/c1-7(2)11(15)6-12(16)9-5-8(13)3-4-10(9)14/h3-5,7H,6H2,1-2H3. The van der Waals surface area contributed by atoms with E-state index in [-0.39, 0.29) is 23.9 Å². The Kier molecular flexibility index (Phi) is 4.51. The smallest absolute Gasteiger partial charge is 0.171 e. The third-order valence-corrected chi connectivity index (χ3v) is 2.77. The van der Waals surface area contributed by atoms with Gasteiger partial charge in [0.05, 0.1) is 11.4 Å². The predicted molar refractivity (Wildman–Crippen MR) is 65.3 cm³/mol. The molecule has 0 atom stereocenters. The third-order valence-electron chi connectivity index (χ3n) is 2.21. The zero-order valence-electron chi connectivity index (χ0n) is 9.09. The van der Waals surface area contributed by atoms with E-state index in [9.17, 15) is 9.59 Å². The molecular formula is C12H12Cl2O2. The van der Waals surface area contributed by atoms with Gasteiger partial charge in [-0.2, -0.15) is 0 Å². The maximum Gasteiger partial charge on any atom is 0.171 e. The van der Waals surface area contributed by atoms with Crippen molar-refractivity contribution < 1.29 is 9.59 Å². The summed E-state index contributed by atoms with van der Waals surface area (Å²) in [5.41, 5.74) is 0.308. The van der Waals surface area contributed by atoms with Gasteiger partial charge in [-0.1, -0.05) is 37.0 Å². The number of halogens is 2. The summed E-state index contributed by atoms with van der Waals surface area (Å²) in [6, 6.07) is 4.64. The Morgan fingerprint density at radius 1 is 1.25 bits per heavy atom. The van der Waals surface area contributed by atoms with Gasteiger partial charge >= 0.3 is 0 Å². The molecule has 0 aromatic heterocycles. The van der Waals surface area contributed by atoms with Crippen LogP contribution in [0.1, 0.15) is 30.6 Å². The molecule has 0 spiro atoms. The van der Waals surface area contributed by atoms with Gasteiger partial charge in [-0.25, -0.2) is 0 Å². The van der Waals surface area contributed by atoms with Crippen LogP contribution in [0.5, 0.6) is 0 Å². The number of Topliss-reactive ketones (excluding diaryl/α,β-unsaturated/α-hetero) is 2. The molecule has 0 saturated carbocycles. The minimum absolute atomic E-state index is 0.0963. The zero-order valence-corrected chi connectivity index (χ0v) is 10.6. The van der Waals surface area contributed by atoms with Crippen LogP contribution in [0.25, 0.3) is 0 Å². The second kappa shape index (κ2) is 5.46. The molecule has 1 rings (SSSR count). The van der Waals surface area contributed by atoms with Crippen molar-refractivity contribution in [1.29, 1.82) is 0 Å². The molecule has 0 N–H and O–H groups in total. The summed E-state index contributed by atoms with van der Waals surface area (Å²) in [6.07, 6.45) is -0.127. The van der Waals surface area contributed by atoms with Crippen molar-refractivity contribution in [2.75, 3.05) is 0 Å². The van der Waals surface area contributed by atoms with Crippen LogP contribution >= 0.6 is 23.2 Å². The van der Waals surface area contributed by atoms with Crippen LogP contribution in [-0.2, 0) is 4.79 Å². The van der Waals surface area contributed by atoms with Crippen LogP contribution in [0.3, 0.4) is 0 Å². The average Bonchev–Trinajstić information content (AvgIpc) is 2.21. The fourth-order valence-electron chi connectivity index (χ4n) is 1.17. The highest BCUT2D eigenvalue weighted by molar-refractivity contribution is 6.36. The normalized spacial score (nSPS) is 10.6. The first-order valence-corrected chi connectivity index (χ1v) is 5.68. The Balaban J connectivity index is 2.88. The molecule has 0 aliphatic carbocycles. The Labute approximate surface area is 105 Å². The molecule has 0 heterocycles. The first kappa shape index (κ1) is 13.2. The summed E-state index contributed by atoms with van der Waals surface area (Å²) in [7, 11) is 0. The van der Waals surface area contributed by atoms with Gasteiger partial charge in [-0.15, -0.1) is 0 Å². The monoisotopic (exact) mass is 258 g/mol. The van der Waals surface area contributed by atoms with Gasteiger partial charge in [0, 0.05) is 16.5 Å². The first-order chi connectivity index (χ1) is 7.41. The molecule has 0 fully saturated rings. The van der Waals surface area contributed by atoms with E-state index in [4.69, 9.17) is 23.2 Å². The number of benzene rings is 1. The summed E-state index contributed by atoms with van der Waals surface area (Å²) in [5.74, 6) is -0.533. The molecular weight excluding hydrogens is 247 g/mol. The molecule has 0 unspecified atom stereocenters. The number of hydrogen-bond acceptors (Lipinski definition) is 2. The van der Waals surface area contributed by atoms with Crippen molar-refractivity contribution in [3.05, 3.63) is 33.8 Å². The third kappa shape index (κ3) is 3.32. The second-order valence-corrected chi connectivity index (χ2v) is 4.69. The summed E-state index contributed by atoms with van der Waals surface area (Å²) in [5, 5.41) is 0.760. The van der Waals surface area contributed by atoms with Crippen LogP contribution in [0.15, 0.2) is 18.2 Å². The van der Waals surface area contributed by atoms with Crippen LogP contribution in [0.2, 0.25) is 10.0 Å². The van der Waals surface area contributed by atoms with E-state index >= 15 is 0 Å². The summed E-state index contributed by atoms with van der Waals surface area (Å²) in [4.78, 5) is 23.2. The maximum atomic E-state index is 11.8. The van der Waals surface area contributed by atoms with Gasteiger partial charge in [-0.05, 0) is 18.2 Å². The predicted octanol–water partition coefficient (Wildman–Crippen LogP) is 3.79. The SMILES string of the molecule is CC(C)C(=O)CC(=O)c1cc(Cl)ccc1Cl. The highest BCUT2D eigenvalue weighted by Crippen LogP contribution is 2.22. The van der Waals surface area contributed by atoms with Gasteiger partial charge in [-0.3, -0.25) is 9.59 Å². The molecule has 0 amide bonds. The highest BCUT2D eigenvalue weighted by atomic mass is 35.5. The Morgan fingerprint density at radius 2 is 1.88 bits per heavy atom. The summed E-state index contributed by atoms with van der Waals surface area (Å²) >= 11 is 11.6. The molecule has 86 valence electrons. The van der Waals surface area contributed by atoms with Crippen LogP contribution < -0.4 is 0 Å². The lowest BCUT2D eigenvalue weighted by atomic mass is 10.00. The molecule has 0 bridgehead atoms. The summed E-state index contributed by atoms with van der Waals surface area (Å²) in [6.45, 7) is 3.52. The van der Waals surface area contributed by atoms with Crippen molar-refractivity contribution in [3.63, 3.8) is 0 Å². The van der Waals surface area contributed by atoms with Crippen LogP contribution in [0.4, 0.5) is 0 Å². The topological polar surface area (TPSA) is 34.1 Å². The van der Waals surface area contributed by atoms with Crippen molar-refractivity contribution in [2.24, 2.45) is 5.92 Å². The Hall–Kier alpha value is -0.860. The molecule has 0 radical (unpaired) electrons. The van der Waals surface area contributed by atoms with E-state index in [1.165, 1.54) is 6.07 Å². The number of ketones is 2. The summed E-state index contributed by atoms with van der Waals surface area (Å²) < 4.78 is 0. The molecule has 1 aromatic rings. The van der Waals surface area contributed by atoms with Crippen molar-refractivity contribution in [2.45, 2.75) is 20.3 Å². The number of carbonyl (C=O) groups excluding carboxylic acids is 2. The highest BCUT2D eigenvalue weighted by Gasteiger charge is 2.17. The van der Waals surface area contributed by atoms with Gasteiger partial charge in [0.2, 0.25) is 0 Å². The fourth-order valence-corrected chi connectivity index (χ4v) is 1.56. The number of rotatable bonds is 4. The van der Waals surface area contributed by atoms with E-state index in [0.717, 1.165) is 0 Å². The molecule has 16 heavy (non-hydrogen) atoms. The van der Waals surface area contributed by atoms with E-state index in [1.807, 2.05) is 0 Å². The Bertz CT molecular complexity index is 425. The van der Waals surface area contributed by atoms with Crippen molar-refractivity contribution >= 4 is 34.8 Å². The molecule has 1 aromatic carbocycles. The lowest BCUT2D eigenvalue weighted by Gasteiger charge is -2.05. The molecule has 2 nitrogen and oxygen atoms in total. The van der Waals surface area contributed by atoms with E-state index in [2.05, 4.69) is 0 Å². The van der Waals surface area contributed by atoms with Gasteiger partial charge in [0.15, 0.2) is 5.78 Å². The van der Waals surface area contributed by atoms with Crippen LogP contribution in [-0.4, -0.2) is 11.6 Å². The lowest BCUT2D eigenvalue weighted by molar-refractivity contribution is -0.121. The van der Waals surface area contributed by atoms with Gasteiger partial charge in [0.1, 0.15) is 5.78 Å².